The van der Waals surface area contributed by atoms with Crippen molar-refractivity contribution in [1.82, 2.24) is 10.3 Å². The molecule has 4 rings (SSSR count). The first-order valence-electron chi connectivity index (χ1n) is 11.8. The minimum absolute atomic E-state index is 0.0431. The van der Waals surface area contributed by atoms with Crippen LogP contribution in [0.15, 0.2) is 36.5 Å². The van der Waals surface area contributed by atoms with Gasteiger partial charge in [0.1, 0.15) is 5.78 Å². The summed E-state index contributed by atoms with van der Waals surface area (Å²) in [6.45, 7) is 7.86. The lowest BCUT2D eigenvalue weighted by molar-refractivity contribution is -0.122. The van der Waals surface area contributed by atoms with E-state index in [1.54, 1.807) is 6.20 Å². The van der Waals surface area contributed by atoms with Gasteiger partial charge in [-0.2, -0.15) is 0 Å². The van der Waals surface area contributed by atoms with E-state index in [2.05, 4.69) is 47.7 Å². The van der Waals surface area contributed by atoms with Gasteiger partial charge in [0.2, 0.25) is 0 Å². The highest BCUT2D eigenvalue weighted by atomic mass is 35.5. The third-order valence-electron chi connectivity index (χ3n) is 6.59. The maximum atomic E-state index is 12.7. The van der Waals surface area contributed by atoms with Crippen molar-refractivity contribution < 1.29 is 9.53 Å². The number of carbonyl (C=O) groups excluding carboxylic acids is 1. The van der Waals surface area contributed by atoms with E-state index in [1.807, 2.05) is 12.1 Å². The molecule has 2 aromatic rings. The smallest absolute Gasteiger partial charge is 0.143 e. The molecule has 0 unspecified atom stereocenters. The summed E-state index contributed by atoms with van der Waals surface area (Å²) in [7, 11) is 0. The van der Waals surface area contributed by atoms with Crippen molar-refractivity contribution in [2.24, 2.45) is 11.8 Å². The predicted octanol–water partition coefficient (Wildman–Crippen LogP) is 5.13. The predicted molar refractivity (Wildman–Crippen MR) is 130 cm³/mol. The van der Waals surface area contributed by atoms with Gasteiger partial charge in [-0.15, -0.1) is 0 Å². The monoisotopic (exact) mass is 455 g/mol. The molecule has 2 aliphatic rings. The zero-order valence-corrected chi connectivity index (χ0v) is 19.9. The van der Waals surface area contributed by atoms with E-state index in [-0.39, 0.29) is 17.3 Å². The normalized spacial score (nSPS) is 23.0. The second-order valence-corrected chi connectivity index (χ2v) is 10.2. The fraction of sp³-hybridized carbons (Fsp3) is 0.538. The largest absolute Gasteiger partial charge is 0.385 e. The molecule has 32 heavy (non-hydrogen) atoms. The number of piperidine rings is 1. The molecular formula is C26H34ClN3O2. The Morgan fingerprint density at radius 1 is 1.31 bits per heavy atom. The average Bonchev–Trinajstić information content (AvgIpc) is 2.79. The third kappa shape index (κ3) is 6.09. The van der Waals surface area contributed by atoms with Crippen LogP contribution in [-0.4, -0.2) is 42.6 Å². The fourth-order valence-electron chi connectivity index (χ4n) is 4.84. The molecule has 1 aromatic heterocycles. The number of nitrogens with zero attached hydrogens (tertiary/aromatic N) is 1. The van der Waals surface area contributed by atoms with Gasteiger partial charge in [0, 0.05) is 55.2 Å². The summed E-state index contributed by atoms with van der Waals surface area (Å²) < 4.78 is 5.84. The number of Topliss-reactive ketones (excluding diaryl/α,β-unsaturated/α-hetero) is 1. The lowest BCUT2D eigenvalue weighted by Crippen LogP contribution is -2.36. The van der Waals surface area contributed by atoms with Crippen molar-refractivity contribution in [2.45, 2.75) is 51.6 Å². The Morgan fingerprint density at radius 2 is 2.19 bits per heavy atom. The zero-order valence-electron chi connectivity index (χ0n) is 19.1. The number of pyridine rings is 1. The summed E-state index contributed by atoms with van der Waals surface area (Å²) in [5, 5.41) is 7.51. The Morgan fingerprint density at radius 3 is 2.97 bits per heavy atom. The lowest BCUT2D eigenvalue weighted by atomic mass is 9.88. The Balaban J connectivity index is 1.43. The molecule has 1 aromatic carbocycles. The Hall–Kier alpha value is -1.95. The number of rotatable bonds is 7. The van der Waals surface area contributed by atoms with Crippen molar-refractivity contribution >= 4 is 23.1 Å². The van der Waals surface area contributed by atoms with Gasteiger partial charge in [0.15, 0.2) is 0 Å². The summed E-state index contributed by atoms with van der Waals surface area (Å²) in [6.07, 6.45) is 6.19. The molecular weight excluding hydrogens is 422 g/mol. The Kier molecular flexibility index (Phi) is 7.49. The van der Waals surface area contributed by atoms with Crippen LogP contribution in [0, 0.1) is 11.8 Å². The van der Waals surface area contributed by atoms with Gasteiger partial charge >= 0.3 is 0 Å². The van der Waals surface area contributed by atoms with E-state index >= 15 is 0 Å². The highest BCUT2D eigenvalue weighted by Crippen LogP contribution is 2.32. The number of benzene rings is 1. The van der Waals surface area contributed by atoms with Gasteiger partial charge in [-0.1, -0.05) is 23.7 Å². The van der Waals surface area contributed by atoms with Crippen LogP contribution in [0.4, 0.5) is 5.69 Å². The number of aromatic nitrogens is 1. The summed E-state index contributed by atoms with van der Waals surface area (Å²) in [4.78, 5) is 17.1. The van der Waals surface area contributed by atoms with Gasteiger partial charge in [-0.05, 0) is 75.8 Å². The third-order valence-corrected chi connectivity index (χ3v) is 6.89. The first-order chi connectivity index (χ1) is 15.4. The second kappa shape index (κ2) is 10.3. The Labute approximate surface area is 196 Å². The molecule has 0 saturated carbocycles. The lowest BCUT2D eigenvalue weighted by Gasteiger charge is -2.35. The van der Waals surface area contributed by atoms with Crippen LogP contribution in [0.25, 0.3) is 11.1 Å². The molecule has 2 fully saturated rings. The van der Waals surface area contributed by atoms with Gasteiger partial charge in [0.05, 0.1) is 10.6 Å². The highest BCUT2D eigenvalue weighted by molar-refractivity contribution is 6.33. The number of halogens is 1. The molecule has 0 amide bonds. The van der Waals surface area contributed by atoms with Crippen LogP contribution in [0.2, 0.25) is 5.02 Å². The van der Waals surface area contributed by atoms with Crippen molar-refractivity contribution in [3.63, 3.8) is 0 Å². The zero-order chi connectivity index (χ0) is 22.6. The van der Waals surface area contributed by atoms with Crippen molar-refractivity contribution in [3.05, 3.63) is 47.2 Å². The van der Waals surface area contributed by atoms with E-state index < -0.39 is 0 Å². The molecule has 2 atom stereocenters. The van der Waals surface area contributed by atoms with Crippen LogP contribution in [0.1, 0.15) is 45.2 Å². The fourth-order valence-corrected chi connectivity index (χ4v) is 5.05. The SMILES string of the molecule is CC1(C)C[C@@H](CNc2cccc(-c3cc(CC(=O)[C@@H]4CCCNC4)ncc3Cl)c2)CCO1. The molecule has 0 spiro atoms. The number of ether oxygens (including phenoxy) is 1. The number of hydrogen-bond acceptors (Lipinski definition) is 5. The average molecular weight is 456 g/mol. The number of ketones is 1. The van der Waals surface area contributed by atoms with E-state index in [4.69, 9.17) is 16.3 Å². The van der Waals surface area contributed by atoms with Gasteiger partial charge in [-0.3, -0.25) is 9.78 Å². The maximum Gasteiger partial charge on any atom is 0.143 e. The molecule has 0 aliphatic carbocycles. The molecule has 2 aliphatic heterocycles. The van der Waals surface area contributed by atoms with Crippen LogP contribution >= 0.6 is 11.6 Å². The molecule has 6 heteroatoms. The number of hydrogen-bond donors (Lipinski definition) is 2. The van der Waals surface area contributed by atoms with Crippen molar-refractivity contribution in [2.75, 3.05) is 31.6 Å². The summed E-state index contributed by atoms with van der Waals surface area (Å²) in [6, 6.07) is 10.3. The molecule has 172 valence electrons. The van der Waals surface area contributed by atoms with E-state index in [1.165, 1.54) is 0 Å². The van der Waals surface area contributed by atoms with E-state index in [0.717, 1.165) is 74.4 Å². The summed E-state index contributed by atoms with van der Waals surface area (Å²) >= 11 is 6.51. The minimum Gasteiger partial charge on any atom is -0.385 e. The van der Waals surface area contributed by atoms with Crippen molar-refractivity contribution in [1.29, 1.82) is 0 Å². The molecule has 5 nitrogen and oxygen atoms in total. The van der Waals surface area contributed by atoms with Crippen LogP contribution in [0.5, 0.6) is 0 Å². The highest BCUT2D eigenvalue weighted by Gasteiger charge is 2.28. The minimum atomic E-state index is -0.0431. The first-order valence-corrected chi connectivity index (χ1v) is 12.1. The summed E-state index contributed by atoms with van der Waals surface area (Å²) in [5.74, 6) is 0.943. The molecule has 2 saturated heterocycles. The molecule has 2 N–H and O–H groups in total. The quantitative estimate of drug-likeness (QED) is 0.605. The van der Waals surface area contributed by atoms with Gasteiger partial charge in [-0.25, -0.2) is 0 Å². The van der Waals surface area contributed by atoms with E-state index in [0.29, 0.717) is 17.4 Å². The number of anilines is 1. The Bertz CT molecular complexity index is 940. The standard InChI is InChI=1S/C26H34ClN3O2/c1-26(2)14-18(8-10-32-26)15-29-21-7-3-5-19(11-21)23-12-22(30-17-24(23)27)13-25(31)20-6-4-9-28-16-20/h3,5,7,11-12,17-18,20,28-29H,4,6,8-10,13-16H2,1-2H3/t18-,20+/m0/s1. The van der Waals surface area contributed by atoms with E-state index in [9.17, 15) is 4.79 Å². The van der Waals surface area contributed by atoms with Crippen molar-refractivity contribution in [3.8, 4) is 11.1 Å². The number of nitrogens with one attached hydrogen (secondary N) is 2. The molecule has 0 bridgehead atoms. The number of carbonyl (C=O) groups is 1. The summed E-state index contributed by atoms with van der Waals surface area (Å²) in [5.41, 5.74) is 3.76. The first kappa shape index (κ1) is 23.2. The maximum absolute atomic E-state index is 12.7. The van der Waals surface area contributed by atoms with Gasteiger partial charge in [0.25, 0.3) is 0 Å². The second-order valence-electron chi connectivity index (χ2n) is 9.77. The van der Waals surface area contributed by atoms with Gasteiger partial charge < -0.3 is 15.4 Å². The van der Waals surface area contributed by atoms with Crippen LogP contribution < -0.4 is 10.6 Å². The molecule has 0 radical (unpaired) electrons. The molecule has 3 heterocycles. The van der Waals surface area contributed by atoms with Crippen LogP contribution in [0.3, 0.4) is 0 Å². The topological polar surface area (TPSA) is 63.2 Å². The van der Waals surface area contributed by atoms with Crippen LogP contribution in [-0.2, 0) is 16.0 Å².